The number of amides is 1. The van der Waals surface area contributed by atoms with Gasteiger partial charge in [0, 0.05) is 16.6 Å². The number of rotatable bonds is 4. The number of nitrogens with zero attached hydrogens (tertiary/aromatic N) is 4. The van der Waals surface area contributed by atoms with Gasteiger partial charge in [-0.25, -0.2) is 4.68 Å². The van der Waals surface area contributed by atoms with Crippen LogP contribution in [0.15, 0.2) is 28.7 Å². The van der Waals surface area contributed by atoms with E-state index >= 15 is 0 Å². The van der Waals surface area contributed by atoms with Crippen LogP contribution in [0.5, 0.6) is 0 Å². The minimum absolute atomic E-state index is 0.148. The van der Waals surface area contributed by atoms with Gasteiger partial charge in [-0.3, -0.25) is 15.4 Å². The van der Waals surface area contributed by atoms with Gasteiger partial charge in [-0.2, -0.15) is 0 Å². The highest BCUT2D eigenvalue weighted by atomic mass is 79.9. The molecule has 0 radical (unpaired) electrons. The highest BCUT2D eigenvalue weighted by molar-refractivity contribution is 9.10. The summed E-state index contributed by atoms with van der Waals surface area (Å²) in [5.74, 6) is 0.104. The van der Waals surface area contributed by atoms with Gasteiger partial charge < -0.3 is 0 Å². The fourth-order valence-corrected chi connectivity index (χ4v) is 2.01. The van der Waals surface area contributed by atoms with Crippen LogP contribution in [0.3, 0.4) is 0 Å². The summed E-state index contributed by atoms with van der Waals surface area (Å²) in [5.41, 5.74) is 0.510. The fraction of sp³-hybridized carbons (Fsp3) is 0.250. The number of nitrogens with one attached hydrogen (secondary N) is 2. The summed E-state index contributed by atoms with van der Waals surface area (Å²) in [7, 11) is 0. The maximum atomic E-state index is 12.0. The van der Waals surface area contributed by atoms with E-state index in [1.165, 1.54) is 0 Å². The van der Waals surface area contributed by atoms with Crippen LogP contribution in [0.25, 0.3) is 0 Å². The third-order valence-corrected chi connectivity index (χ3v) is 3.26. The summed E-state index contributed by atoms with van der Waals surface area (Å²) in [5, 5.41) is 16.7. The van der Waals surface area contributed by atoms with Gasteiger partial charge in [0.15, 0.2) is 5.11 Å². The standard InChI is InChI=1S/C12H13BrN6OS/c1-2-7-19-11(16-17-18-19)15-12(21)14-10(20)8-3-5-9(13)6-4-8/h3-6H,2,7H2,1H3,(H2,14,15,16,18,20,21). The van der Waals surface area contributed by atoms with Crippen LogP contribution in [0.2, 0.25) is 0 Å². The molecule has 2 N–H and O–H groups in total. The van der Waals surface area contributed by atoms with Gasteiger partial charge >= 0.3 is 0 Å². The van der Waals surface area contributed by atoms with E-state index in [9.17, 15) is 4.79 Å². The first-order valence-electron chi connectivity index (χ1n) is 6.24. The lowest BCUT2D eigenvalue weighted by Gasteiger charge is -2.09. The van der Waals surface area contributed by atoms with Gasteiger partial charge in [-0.05, 0) is 53.3 Å². The van der Waals surface area contributed by atoms with Crippen molar-refractivity contribution in [1.29, 1.82) is 0 Å². The van der Waals surface area contributed by atoms with E-state index in [0.29, 0.717) is 18.1 Å². The van der Waals surface area contributed by atoms with Gasteiger partial charge in [0.1, 0.15) is 0 Å². The summed E-state index contributed by atoms with van der Waals surface area (Å²) >= 11 is 8.40. The van der Waals surface area contributed by atoms with Crippen molar-refractivity contribution in [1.82, 2.24) is 25.5 Å². The Balaban J connectivity index is 1.96. The van der Waals surface area contributed by atoms with Crippen LogP contribution >= 0.6 is 28.1 Å². The Morgan fingerprint density at radius 1 is 1.38 bits per heavy atom. The zero-order chi connectivity index (χ0) is 15.2. The topological polar surface area (TPSA) is 84.7 Å². The molecular formula is C12H13BrN6OS. The lowest BCUT2D eigenvalue weighted by molar-refractivity contribution is 0.0977. The average Bonchev–Trinajstić information content (AvgIpc) is 2.87. The first-order valence-corrected chi connectivity index (χ1v) is 7.44. The number of benzene rings is 1. The zero-order valence-electron chi connectivity index (χ0n) is 11.2. The van der Waals surface area contributed by atoms with Crippen molar-refractivity contribution in [3.05, 3.63) is 34.3 Å². The lowest BCUT2D eigenvalue weighted by Crippen LogP contribution is -2.35. The molecule has 2 rings (SSSR count). The molecule has 0 bridgehead atoms. The van der Waals surface area contributed by atoms with E-state index in [-0.39, 0.29) is 11.0 Å². The number of hydrogen-bond donors (Lipinski definition) is 2. The van der Waals surface area contributed by atoms with Crippen molar-refractivity contribution >= 4 is 45.1 Å². The number of carbonyl (C=O) groups is 1. The Morgan fingerprint density at radius 3 is 2.76 bits per heavy atom. The van der Waals surface area contributed by atoms with E-state index < -0.39 is 0 Å². The number of hydrogen-bond acceptors (Lipinski definition) is 5. The maximum absolute atomic E-state index is 12.0. The normalized spacial score (nSPS) is 10.2. The van der Waals surface area contributed by atoms with Crippen molar-refractivity contribution in [2.24, 2.45) is 0 Å². The van der Waals surface area contributed by atoms with Gasteiger partial charge in [0.2, 0.25) is 5.95 Å². The molecule has 21 heavy (non-hydrogen) atoms. The largest absolute Gasteiger partial charge is 0.300 e. The van der Waals surface area contributed by atoms with Gasteiger partial charge in [0.05, 0.1) is 0 Å². The molecule has 110 valence electrons. The van der Waals surface area contributed by atoms with Crippen molar-refractivity contribution in [3.63, 3.8) is 0 Å². The van der Waals surface area contributed by atoms with Gasteiger partial charge in [-0.15, -0.1) is 0 Å². The Bertz CT molecular complexity index is 641. The molecular weight excluding hydrogens is 356 g/mol. The molecule has 0 aliphatic rings. The van der Waals surface area contributed by atoms with Crippen LogP contribution in [0.4, 0.5) is 5.95 Å². The quantitative estimate of drug-likeness (QED) is 0.802. The zero-order valence-corrected chi connectivity index (χ0v) is 13.6. The van der Waals surface area contributed by atoms with E-state index in [0.717, 1.165) is 10.9 Å². The summed E-state index contributed by atoms with van der Waals surface area (Å²) in [6.07, 6.45) is 0.887. The van der Waals surface area contributed by atoms with E-state index in [1.54, 1.807) is 28.9 Å². The Hall–Kier alpha value is -1.87. The van der Waals surface area contributed by atoms with Crippen LogP contribution in [0, 0.1) is 0 Å². The minimum atomic E-state index is -0.297. The molecule has 0 aliphatic heterocycles. The molecule has 1 amide bonds. The van der Waals surface area contributed by atoms with E-state index in [4.69, 9.17) is 12.2 Å². The molecule has 7 nitrogen and oxygen atoms in total. The molecule has 0 fully saturated rings. The summed E-state index contributed by atoms with van der Waals surface area (Å²) in [6, 6.07) is 6.96. The summed E-state index contributed by atoms with van der Waals surface area (Å²) in [4.78, 5) is 12.0. The van der Waals surface area contributed by atoms with Crippen LogP contribution in [0.1, 0.15) is 23.7 Å². The van der Waals surface area contributed by atoms with Crippen molar-refractivity contribution in [2.45, 2.75) is 19.9 Å². The molecule has 0 unspecified atom stereocenters. The third kappa shape index (κ3) is 4.30. The SMILES string of the molecule is CCCn1nnnc1NC(=S)NC(=O)c1ccc(Br)cc1. The molecule has 9 heteroatoms. The molecule has 0 saturated heterocycles. The van der Waals surface area contributed by atoms with Crippen molar-refractivity contribution in [2.75, 3.05) is 5.32 Å². The monoisotopic (exact) mass is 368 g/mol. The van der Waals surface area contributed by atoms with E-state index in [2.05, 4.69) is 42.1 Å². The first kappa shape index (κ1) is 15.5. The highest BCUT2D eigenvalue weighted by Gasteiger charge is 2.11. The number of carbonyl (C=O) groups excluding carboxylic acids is 1. The second kappa shape index (κ2) is 7.23. The van der Waals surface area contributed by atoms with Crippen molar-refractivity contribution in [3.8, 4) is 0 Å². The minimum Gasteiger partial charge on any atom is -0.300 e. The predicted octanol–water partition coefficient (Wildman–Crippen LogP) is 1.97. The second-order valence-corrected chi connectivity index (χ2v) is 5.46. The fourth-order valence-electron chi connectivity index (χ4n) is 1.57. The number of halogens is 1. The number of aryl methyl sites for hydroxylation is 1. The maximum Gasteiger partial charge on any atom is 0.257 e. The average molecular weight is 369 g/mol. The molecule has 0 spiro atoms. The Labute approximate surface area is 135 Å². The second-order valence-electron chi connectivity index (χ2n) is 4.14. The molecule has 1 aromatic carbocycles. The van der Waals surface area contributed by atoms with Crippen LogP contribution < -0.4 is 10.6 Å². The number of thiocarbonyl (C=S) groups is 1. The molecule has 2 aromatic rings. The molecule has 0 atom stereocenters. The van der Waals surface area contributed by atoms with E-state index in [1.807, 2.05) is 6.92 Å². The Kier molecular flexibility index (Phi) is 5.34. The Morgan fingerprint density at radius 2 is 2.10 bits per heavy atom. The molecule has 0 aliphatic carbocycles. The molecule has 1 heterocycles. The third-order valence-electron chi connectivity index (χ3n) is 2.53. The van der Waals surface area contributed by atoms with Gasteiger partial charge in [-0.1, -0.05) is 28.0 Å². The van der Waals surface area contributed by atoms with Crippen LogP contribution in [-0.2, 0) is 6.54 Å². The number of aromatic nitrogens is 4. The first-order chi connectivity index (χ1) is 10.1. The smallest absolute Gasteiger partial charge is 0.257 e. The van der Waals surface area contributed by atoms with Gasteiger partial charge in [0.25, 0.3) is 5.91 Å². The number of anilines is 1. The van der Waals surface area contributed by atoms with Crippen LogP contribution in [-0.4, -0.2) is 31.2 Å². The highest BCUT2D eigenvalue weighted by Crippen LogP contribution is 2.10. The summed E-state index contributed by atoms with van der Waals surface area (Å²) in [6.45, 7) is 2.68. The predicted molar refractivity (Wildman–Crippen MR) is 85.9 cm³/mol. The lowest BCUT2D eigenvalue weighted by atomic mass is 10.2. The molecule has 1 aromatic heterocycles. The summed E-state index contributed by atoms with van der Waals surface area (Å²) < 4.78 is 2.48. The molecule has 0 saturated carbocycles. The van der Waals surface area contributed by atoms with Crippen molar-refractivity contribution < 1.29 is 4.79 Å². The number of tetrazole rings is 1.